The molecule has 1 N–H and O–H groups in total. The molecule has 1 saturated carbocycles. The quantitative estimate of drug-likeness (QED) is 0.805. The van der Waals surface area contributed by atoms with Crippen molar-refractivity contribution in [3.63, 3.8) is 0 Å². The zero-order chi connectivity index (χ0) is 13.8. The van der Waals surface area contributed by atoms with E-state index in [9.17, 15) is 0 Å². The Balaban J connectivity index is 1.94. The Hall–Kier alpha value is -1.56. The maximum absolute atomic E-state index is 5.12. The minimum Gasteiger partial charge on any atom is -0.481 e. The first kappa shape index (κ1) is 13.9. The van der Waals surface area contributed by atoms with Crippen LogP contribution in [0, 0.1) is 0 Å². The Kier molecular flexibility index (Phi) is 4.42. The van der Waals surface area contributed by atoms with Crippen LogP contribution in [0.25, 0.3) is 0 Å². The fourth-order valence-corrected chi connectivity index (χ4v) is 1.92. The summed E-state index contributed by atoms with van der Waals surface area (Å²) in [5.74, 6) is 1.53. The number of ether oxygens (including phenoxy) is 2. The van der Waals surface area contributed by atoms with E-state index in [-0.39, 0.29) is 0 Å². The van der Waals surface area contributed by atoms with Gasteiger partial charge in [-0.3, -0.25) is 4.90 Å². The molecule has 1 unspecified atom stereocenters. The Bertz CT molecular complexity index is 401. The normalized spacial score (nSPS) is 16.3. The summed E-state index contributed by atoms with van der Waals surface area (Å²) in [5, 5.41) is 3.23. The second-order valence-electron chi connectivity index (χ2n) is 4.90. The summed E-state index contributed by atoms with van der Waals surface area (Å²) < 4.78 is 10.2. The van der Waals surface area contributed by atoms with Crippen molar-refractivity contribution in [2.45, 2.75) is 31.8 Å². The van der Waals surface area contributed by atoms with Gasteiger partial charge in [0.1, 0.15) is 0 Å². The second-order valence-corrected chi connectivity index (χ2v) is 4.90. The van der Waals surface area contributed by atoms with Crippen molar-refractivity contribution in [2.24, 2.45) is 0 Å². The first-order valence-corrected chi connectivity index (χ1v) is 6.57. The van der Waals surface area contributed by atoms with Gasteiger partial charge in [0.05, 0.1) is 20.3 Å². The predicted molar refractivity (Wildman–Crippen MR) is 73.9 cm³/mol. The number of nitrogens with zero attached hydrogens (tertiary/aromatic N) is 3. The van der Waals surface area contributed by atoms with Gasteiger partial charge in [0.25, 0.3) is 0 Å². The van der Waals surface area contributed by atoms with Gasteiger partial charge >= 0.3 is 0 Å². The van der Waals surface area contributed by atoms with E-state index in [1.165, 1.54) is 12.8 Å². The van der Waals surface area contributed by atoms with Crippen molar-refractivity contribution >= 4 is 5.95 Å². The summed E-state index contributed by atoms with van der Waals surface area (Å²) in [5.41, 5.74) is 0. The molecule has 0 spiro atoms. The van der Waals surface area contributed by atoms with Crippen LogP contribution >= 0.6 is 0 Å². The van der Waals surface area contributed by atoms with Crippen LogP contribution in [-0.2, 0) is 0 Å². The fraction of sp³-hybridized carbons (Fsp3) is 0.692. The lowest BCUT2D eigenvalue weighted by molar-refractivity contribution is 0.257. The number of anilines is 1. The Morgan fingerprint density at radius 1 is 1.32 bits per heavy atom. The number of hydrogen-bond donors (Lipinski definition) is 1. The van der Waals surface area contributed by atoms with Gasteiger partial charge in [0.15, 0.2) is 0 Å². The molecule has 2 rings (SSSR count). The van der Waals surface area contributed by atoms with Gasteiger partial charge in [-0.2, -0.15) is 9.97 Å². The molecule has 1 heterocycles. The molecule has 1 atom stereocenters. The third-order valence-corrected chi connectivity index (χ3v) is 3.47. The fourth-order valence-electron chi connectivity index (χ4n) is 1.92. The van der Waals surface area contributed by atoms with Crippen LogP contribution in [0.15, 0.2) is 6.07 Å². The Morgan fingerprint density at radius 2 is 1.89 bits per heavy atom. The zero-order valence-corrected chi connectivity index (χ0v) is 12.0. The summed E-state index contributed by atoms with van der Waals surface area (Å²) in [6.45, 7) is 2.99. The van der Waals surface area contributed by atoms with Gasteiger partial charge < -0.3 is 14.8 Å². The van der Waals surface area contributed by atoms with Gasteiger partial charge in [-0.05, 0) is 26.8 Å². The number of rotatable bonds is 7. The second kappa shape index (κ2) is 6.06. The lowest BCUT2D eigenvalue weighted by atomic mass is 10.3. The summed E-state index contributed by atoms with van der Waals surface area (Å²) in [7, 11) is 5.32. The first-order chi connectivity index (χ1) is 9.13. The Morgan fingerprint density at radius 3 is 2.37 bits per heavy atom. The van der Waals surface area contributed by atoms with E-state index in [0.717, 1.165) is 12.6 Å². The van der Waals surface area contributed by atoms with Crippen LogP contribution in [0.2, 0.25) is 0 Å². The van der Waals surface area contributed by atoms with Crippen LogP contribution in [0.5, 0.6) is 11.8 Å². The minimum absolute atomic E-state index is 0.438. The zero-order valence-electron chi connectivity index (χ0n) is 12.0. The van der Waals surface area contributed by atoms with Crippen molar-refractivity contribution in [3.8, 4) is 11.8 Å². The topological polar surface area (TPSA) is 59.5 Å². The number of nitrogens with one attached hydrogen (secondary N) is 1. The van der Waals surface area contributed by atoms with Crippen LogP contribution in [0.4, 0.5) is 5.95 Å². The molecule has 1 aliphatic rings. The molecule has 1 aromatic rings. The highest BCUT2D eigenvalue weighted by atomic mass is 16.5. The first-order valence-electron chi connectivity index (χ1n) is 6.57. The molecule has 0 bridgehead atoms. The van der Waals surface area contributed by atoms with Crippen molar-refractivity contribution in [1.82, 2.24) is 14.9 Å². The maximum Gasteiger partial charge on any atom is 0.229 e. The molecular formula is C13H22N4O2. The molecule has 1 aromatic heterocycles. The average molecular weight is 266 g/mol. The maximum atomic E-state index is 5.12. The van der Waals surface area contributed by atoms with E-state index < -0.39 is 0 Å². The lowest BCUT2D eigenvalue weighted by Gasteiger charge is -2.24. The number of methoxy groups -OCH3 is 2. The Labute approximate surface area is 114 Å². The van der Waals surface area contributed by atoms with Gasteiger partial charge in [-0.15, -0.1) is 0 Å². The van der Waals surface area contributed by atoms with E-state index in [1.807, 2.05) is 0 Å². The highest BCUT2D eigenvalue weighted by Gasteiger charge is 2.28. The summed E-state index contributed by atoms with van der Waals surface area (Å²) in [6.07, 6.45) is 2.62. The van der Waals surface area contributed by atoms with Crippen LogP contribution in [0.1, 0.15) is 19.8 Å². The van der Waals surface area contributed by atoms with Crippen molar-refractivity contribution in [1.29, 1.82) is 0 Å². The smallest absolute Gasteiger partial charge is 0.229 e. The summed E-state index contributed by atoms with van der Waals surface area (Å²) >= 11 is 0. The summed E-state index contributed by atoms with van der Waals surface area (Å²) in [6, 6.07) is 2.84. The van der Waals surface area contributed by atoms with Crippen molar-refractivity contribution in [2.75, 3.05) is 33.1 Å². The molecule has 106 valence electrons. The third kappa shape index (κ3) is 3.70. The standard InChI is InChI=1S/C13H22N4O2/c1-9(17(2)10-5-6-10)8-14-13-15-11(18-3)7-12(16-13)19-4/h7,9-10H,5-6,8H2,1-4H3,(H,14,15,16). The highest BCUT2D eigenvalue weighted by Crippen LogP contribution is 2.27. The molecule has 6 nitrogen and oxygen atoms in total. The SMILES string of the molecule is COc1cc(OC)nc(NCC(C)N(C)C2CC2)n1. The molecule has 0 saturated heterocycles. The van der Waals surface area contributed by atoms with Crippen LogP contribution in [-0.4, -0.2) is 54.8 Å². The predicted octanol–water partition coefficient (Wildman–Crippen LogP) is 1.39. The monoisotopic (exact) mass is 266 g/mol. The number of likely N-dealkylation sites (N-methyl/N-ethyl adjacent to an activating group) is 1. The summed E-state index contributed by atoms with van der Waals surface area (Å²) in [4.78, 5) is 10.9. The van der Waals surface area contributed by atoms with E-state index in [0.29, 0.717) is 23.8 Å². The third-order valence-electron chi connectivity index (χ3n) is 3.47. The van der Waals surface area contributed by atoms with Gasteiger partial charge in [-0.1, -0.05) is 0 Å². The van der Waals surface area contributed by atoms with E-state index in [2.05, 4.69) is 34.2 Å². The number of aromatic nitrogens is 2. The molecule has 19 heavy (non-hydrogen) atoms. The van der Waals surface area contributed by atoms with Gasteiger partial charge in [-0.25, -0.2) is 0 Å². The van der Waals surface area contributed by atoms with Gasteiger partial charge in [0, 0.05) is 18.6 Å². The molecule has 1 fully saturated rings. The van der Waals surface area contributed by atoms with E-state index in [1.54, 1.807) is 20.3 Å². The van der Waals surface area contributed by atoms with E-state index in [4.69, 9.17) is 9.47 Å². The molecule has 0 aliphatic heterocycles. The molecular weight excluding hydrogens is 244 g/mol. The highest BCUT2D eigenvalue weighted by molar-refractivity contribution is 5.33. The number of hydrogen-bond acceptors (Lipinski definition) is 6. The largest absolute Gasteiger partial charge is 0.481 e. The van der Waals surface area contributed by atoms with Crippen LogP contribution < -0.4 is 14.8 Å². The van der Waals surface area contributed by atoms with E-state index >= 15 is 0 Å². The minimum atomic E-state index is 0.438. The molecule has 1 aliphatic carbocycles. The van der Waals surface area contributed by atoms with Crippen molar-refractivity contribution in [3.05, 3.63) is 6.07 Å². The molecule has 0 radical (unpaired) electrons. The molecule has 6 heteroatoms. The molecule has 0 amide bonds. The van der Waals surface area contributed by atoms with Gasteiger partial charge in [0.2, 0.25) is 17.7 Å². The molecule has 0 aromatic carbocycles. The van der Waals surface area contributed by atoms with Crippen molar-refractivity contribution < 1.29 is 9.47 Å². The van der Waals surface area contributed by atoms with Crippen LogP contribution in [0.3, 0.4) is 0 Å². The lowest BCUT2D eigenvalue weighted by Crippen LogP contribution is -2.36. The average Bonchev–Trinajstić information content (AvgIpc) is 3.27.